The van der Waals surface area contributed by atoms with Crippen molar-refractivity contribution in [2.45, 2.75) is 0 Å². The van der Waals surface area contributed by atoms with Crippen LogP contribution >= 0.6 is 0 Å². The van der Waals surface area contributed by atoms with Crippen LogP contribution in [0.5, 0.6) is 0 Å². The van der Waals surface area contributed by atoms with Gasteiger partial charge in [0.05, 0.1) is 0 Å². The molecule has 0 radical (unpaired) electrons. The van der Waals surface area contributed by atoms with E-state index in [1.54, 1.807) is 24.3 Å². The Morgan fingerprint density at radius 2 is 2.25 bits per heavy atom. The third-order valence-electron chi connectivity index (χ3n) is 1.33. The maximum absolute atomic E-state index is 10.3. The summed E-state index contributed by atoms with van der Waals surface area (Å²) >= 11 is 0. The second-order valence-electron chi connectivity index (χ2n) is 2.07. The zero-order chi connectivity index (χ0) is 8.27. The van der Waals surface area contributed by atoms with Crippen LogP contribution in [-0.2, 0) is 0 Å². The first kappa shape index (κ1) is 11.1. The summed E-state index contributed by atoms with van der Waals surface area (Å²) < 4.78 is 0. The number of hydrogen-bond acceptors (Lipinski definition) is 2. The summed E-state index contributed by atoms with van der Waals surface area (Å²) in [5.41, 5.74) is 0.493. The van der Waals surface area contributed by atoms with Gasteiger partial charge in [0.15, 0.2) is 0 Å². The Labute approximate surface area is 83.2 Å². The molecule has 1 aromatic rings. The third kappa shape index (κ3) is 2.61. The number of carbonyl (C=O) groups excluding carboxylic acids is 1. The molecule has 58 valence electrons. The average Bonchev–Trinajstić information content (AvgIpc) is 2.05. The number of nitrogens with zero attached hydrogens (tertiary/aromatic N) is 1. The van der Waals surface area contributed by atoms with Gasteiger partial charge in [0.25, 0.3) is 0 Å². The second-order valence-corrected chi connectivity index (χ2v) is 2.07. The molecule has 0 saturated heterocycles. The summed E-state index contributed by atoms with van der Waals surface area (Å²) in [6, 6.07) is 9.56. The van der Waals surface area contributed by atoms with Crippen molar-refractivity contribution in [2.75, 3.05) is 11.9 Å². The molecule has 0 saturated carbocycles. The van der Waals surface area contributed by atoms with E-state index >= 15 is 0 Å². The van der Waals surface area contributed by atoms with Gasteiger partial charge in [-0.1, -0.05) is 5.69 Å². The molecule has 0 aliphatic rings. The molecular formula is C8H7LiNO2-. The van der Waals surface area contributed by atoms with Crippen LogP contribution in [-0.4, -0.2) is 13.1 Å². The van der Waals surface area contributed by atoms with Crippen LogP contribution < -0.4 is 28.9 Å². The van der Waals surface area contributed by atoms with Gasteiger partial charge in [0.1, 0.15) is 6.09 Å². The summed E-state index contributed by atoms with van der Waals surface area (Å²) in [6.07, 6.45) is -1.23. The average molecular weight is 156 g/mol. The minimum absolute atomic E-state index is 0. The van der Waals surface area contributed by atoms with Gasteiger partial charge in [-0.05, 0) is 0 Å². The van der Waals surface area contributed by atoms with E-state index < -0.39 is 6.09 Å². The number of carbonyl (C=O) groups is 1. The predicted octanol–water partition coefficient (Wildman–Crippen LogP) is -2.73. The maximum atomic E-state index is 10.3. The minimum atomic E-state index is -1.23. The molecule has 1 aromatic carbocycles. The monoisotopic (exact) mass is 156 g/mol. The standard InChI is InChI=1S/C8H8NO2.Li/c1-9(8(10)11)7-5-3-2-4-6-7;/h2-5H,1H3,(H,10,11);/q-1;+1/p-1. The van der Waals surface area contributed by atoms with Crippen molar-refractivity contribution >= 4 is 11.8 Å². The molecule has 0 fully saturated rings. The quantitative estimate of drug-likeness (QED) is 0.327. The van der Waals surface area contributed by atoms with Gasteiger partial charge in [0.2, 0.25) is 0 Å². The van der Waals surface area contributed by atoms with Crippen LogP contribution in [0.4, 0.5) is 10.5 Å². The van der Waals surface area contributed by atoms with E-state index in [1.807, 2.05) is 0 Å². The number of hydrogen-bond donors (Lipinski definition) is 0. The van der Waals surface area contributed by atoms with Gasteiger partial charge >= 0.3 is 18.9 Å². The molecule has 3 nitrogen and oxygen atoms in total. The first-order valence-electron chi connectivity index (χ1n) is 3.13. The van der Waals surface area contributed by atoms with Crippen LogP contribution in [0.3, 0.4) is 0 Å². The Morgan fingerprint density at radius 1 is 1.58 bits per heavy atom. The molecular weight excluding hydrogens is 149 g/mol. The first-order valence-corrected chi connectivity index (χ1v) is 3.13. The van der Waals surface area contributed by atoms with Crippen LogP contribution in [0.1, 0.15) is 0 Å². The van der Waals surface area contributed by atoms with Crippen molar-refractivity contribution in [1.29, 1.82) is 0 Å². The van der Waals surface area contributed by atoms with Gasteiger partial charge in [-0.25, -0.2) is 0 Å². The smallest absolute Gasteiger partial charge is 0.530 e. The van der Waals surface area contributed by atoms with Crippen molar-refractivity contribution in [3.05, 3.63) is 30.3 Å². The summed E-state index contributed by atoms with van der Waals surface area (Å²) in [4.78, 5) is 11.3. The fourth-order valence-electron chi connectivity index (χ4n) is 0.691. The third-order valence-corrected chi connectivity index (χ3v) is 1.33. The van der Waals surface area contributed by atoms with E-state index in [4.69, 9.17) is 0 Å². The Hall–Kier alpha value is -0.913. The van der Waals surface area contributed by atoms with Crippen LogP contribution in [0.15, 0.2) is 24.3 Å². The number of rotatable bonds is 1. The molecule has 0 aliphatic heterocycles. The Bertz CT molecular complexity index is 250. The van der Waals surface area contributed by atoms with Crippen molar-refractivity contribution in [3.8, 4) is 0 Å². The zero-order valence-electron chi connectivity index (χ0n) is 7.07. The number of benzene rings is 1. The summed E-state index contributed by atoms with van der Waals surface area (Å²) in [5.74, 6) is 0. The van der Waals surface area contributed by atoms with Crippen molar-refractivity contribution in [2.24, 2.45) is 0 Å². The van der Waals surface area contributed by atoms with E-state index in [-0.39, 0.29) is 18.9 Å². The summed E-state index contributed by atoms with van der Waals surface area (Å²) in [7, 11) is 1.42. The van der Waals surface area contributed by atoms with E-state index in [0.29, 0.717) is 5.69 Å². The molecule has 0 N–H and O–H groups in total. The van der Waals surface area contributed by atoms with Crippen LogP contribution in [0.25, 0.3) is 0 Å². The van der Waals surface area contributed by atoms with Gasteiger partial charge in [-0.3, -0.25) is 0 Å². The molecule has 0 aromatic heterocycles. The molecule has 4 heteroatoms. The van der Waals surface area contributed by atoms with Crippen molar-refractivity contribution in [1.82, 2.24) is 0 Å². The SMILES string of the molecule is CN(C(=O)[O-])c1[c-]cccc1.[Li+]. The number of para-hydroxylation sites is 1. The Balaban J connectivity index is 0.00000121. The molecule has 0 atom stereocenters. The second kappa shape index (κ2) is 4.86. The van der Waals surface area contributed by atoms with E-state index in [2.05, 4.69) is 6.07 Å². The Morgan fingerprint density at radius 3 is 2.67 bits per heavy atom. The normalized spacial score (nSPS) is 8.42. The van der Waals surface area contributed by atoms with E-state index in [1.165, 1.54) is 7.05 Å². The molecule has 0 unspecified atom stereocenters. The fraction of sp³-hybridized carbons (Fsp3) is 0.125. The molecule has 1 rings (SSSR count). The summed E-state index contributed by atoms with van der Waals surface area (Å²) in [6.45, 7) is 0. The molecule has 0 aliphatic carbocycles. The van der Waals surface area contributed by atoms with Gasteiger partial charge < -0.3 is 14.8 Å². The maximum Gasteiger partial charge on any atom is 1.00 e. The van der Waals surface area contributed by atoms with Crippen molar-refractivity contribution in [3.63, 3.8) is 0 Å². The molecule has 1 amide bonds. The summed E-state index contributed by atoms with van der Waals surface area (Å²) in [5, 5.41) is 10.3. The van der Waals surface area contributed by atoms with Crippen LogP contribution in [0.2, 0.25) is 0 Å². The van der Waals surface area contributed by atoms with Gasteiger partial charge in [-0.2, -0.15) is 24.3 Å². The van der Waals surface area contributed by atoms with E-state index in [0.717, 1.165) is 4.90 Å². The fourth-order valence-corrected chi connectivity index (χ4v) is 0.691. The number of amides is 1. The van der Waals surface area contributed by atoms with Crippen LogP contribution in [0, 0.1) is 6.07 Å². The largest absolute Gasteiger partial charge is 1.00 e. The molecule has 0 heterocycles. The number of anilines is 1. The molecule has 0 bridgehead atoms. The van der Waals surface area contributed by atoms with E-state index in [9.17, 15) is 9.90 Å². The molecule has 12 heavy (non-hydrogen) atoms. The van der Waals surface area contributed by atoms with Crippen molar-refractivity contribution < 1.29 is 28.8 Å². The molecule has 0 spiro atoms. The first-order chi connectivity index (χ1) is 5.22. The number of carboxylic acid groups (broad SMARTS) is 1. The van der Waals surface area contributed by atoms with Gasteiger partial charge in [-0.15, -0.1) is 6.07 Å². The van der Waals surface area contributed by atoms with Gasteiger partial charge in [0, 0.05) is 7.05 Å². The zero-order valence-corrected chi connectivity index (χ0v) is 7.07. The Kier molecular flexibility index (Phi) is 4.49. The topological polar surface area (TPSA) is 43.4 Å². The minimum Gasteiger partial charge on any atom is -0.530 e. The predicted molar refractivity (Wildman–Crippen MR) is 39.1 cm³/mol.